The summed E-state index contributed by atoms with van der Waals surface area (Å²) in [5.41, 5.74) is 1.27. The molecule has 0 aromatic carbocycles. The molecule has 0 saturated carbocycles. The molecule has 3 heterocycles. The zero-order chi connectivity index (χ0) is 21.8. The van der Waals surface area contributed by atoms with Crippen LogP contribution in [0.25, 0.3) is 0 Å². The number of nitrogens with one attached hydrogen (secondary N) is 3. The quantitative estimate of drug-likeness (QED) is 0.483. The fourth-order valence-electron chi connectivity index (χ4n) is 3.52. The third-order valence-corrected chi connectivity index (χ3v) is 6.65. The van der Waals surface area contributed by atoms with E-state index in [1.165, 1.54) is 11.3 Å². The summed E-state index contributed by atoms with van der Waals surface area (Å²) in [5, 5.41) is 16.9. The van der Waals surface area contributed by atoms with Crippen LogP contribution in [-0.4, -0.2) is 63.7 Å². The topological polar surface area (TPSA) is 123 Å². The van der Waals surface area contributed by atoms with Gasteiger partial charge in [0.15, 0.2) is 16.1 Å². The Kier molecular flexibility index (Phi) is 7.32. The molecule has 3 rings (SSSR count). The highest BCUT2D eigenvalue weighted by Gasteiger charge is 2.32. The van der Waals surface area contributed by atoms with Gasteiger partial charge in [-0.3, -0.25) is 4.79 Å². The first-order chi connectivity index (χ1) is 14.3. The fraction of sp³-hybridized carbons (Fsp3) is 0.579. The zero-order valence-electron chi connectivity index (χ0n) is 17.3. The molecule has 2 aromatic rings. The lowest BCUT2D eigenvalue weighted by molar-refractivity contribution is 0.0700. The molecule has 30 heavy (non-hydrogen) atoms. The van der Waals surface area contributed by atoms with E-state index in [2.05, 4.69) is 37.4 Å². The van der Waals surface area contributed by atoms with E-state index < -0.39 is 5.97 Å². The Labute approximate surface area is 184 Å². The van der Waals surface area contributed by atoms with Crippen LogP contribution in [0.5, 0.6) is 0 Å². The molecule has 1 amide bonds. The number of carbonyl (C=O) groups excluding carboxylic acids is 1. The first-order valence-electron chi connectivity index (χ1n) is 10.1. The maximum absolute atomic E-state index is 12.7. The highest BCUT2D eigenvalue weighted by atomic mass is 35.5. The third-order valence-electron chi connectivity index (χ3n) is 5.13. The Balaban J connectivity index is 1.72. The molecule has 4 N–H and O–H groups in total. The Morgan fingerprint density at radius 3 is 2.70 bits per heavy atom. The van der Waals surface area contributed by atoms with Crippen LogP contribution in [0.1, 0.15) is 58.4 Å². The van der Waals surface area contributed by atoms with E-state index in [0.29, 0.717) is 41.9 Å². The van der Waals surface area contributed by atoms with Crippen molar-refractivity contribution in [1.29, 1.82) is 0 Å². The number of nitrogens with zero attached hydrogens (tertiary/aromatic N) is 3. The molecule has 164 valence electrons. The van der Waals surface area contributed by atoms with Gasteiger partial charge in [-0.05, 0) is 32.7 Å². The molecule has 1 fully saturated rings. The third kappa shape index (κ3) is 4.93. The monoisotopic (exact) mass is 454 g/mol. The van der Waals surface area contributed by atoms with Gasteiger partial charge in [0, 0.05) is 25.2 Å². The summed E-state index contributed by atoms with van der Waals surface area (Å²) >= 11 is 7.25. The number of hydrogen-bond donors (Lipinski definition) is 4. The average Bonchev–Trinajstić information content (AvgIpc) is 3.29. The molecule has 2 aromatic heterocycles. The van der Waals surface area contributed by atoms with Crippen LogP contribution in [-0.2, 0) is 6.42 Å². The SMILES string of the molecule is CCCN[C@H]1CN(c2nc(C)c(C(=O)O)s2)CC[C@@H]1NC(=O)c1nc(Cl)c(CC)[nH]1. The summed E-state index contributed by atoms with van der Waals surface area (Å²) in [7, 11) is 0. The van der Waals surface area contributed by atoms with E-state index in [-0.39, 0.29) is 28.7 Å². The molecule has 0 aliphatic carbocycles. The van der Waals surface area contributed by atoms with E-state index >= 15 is 0 Å². The van der Waals surface area contributed by atoms with Crippen molar-refractivity contribution in [2.75, 3.05) is 24.5 Å². The van der Waals surface area contributed by atoms with E-state index in [1.54, 1.807) is 6.92 Å². The number of aromatic nitrogens is 3. The molecule has 0 unspecified atom stereocenters. The molecule has 0 bridgehead atoms. The molecule has 9 nitrogen and oxygen atoms in total. The van der Waals surface area contributed by atoms with Crippen molar-refractivity contribution in [1.82, 2.24) is 25.6 Å². The Hall–Kier alpha value is -2.17. The number of aromatic carboxylic acids is 1. The second kappa shape index (κ2) is 9.76. The van der Waals surface area contributed by atoms with Gasteiger partial charge in [0.1, 0.15) is 4.88 Å². The summed E-state index contributed by atoms with van der Waals surface area (Å²) in [5.74, 6) is -1.02. The van der Waals surface area contributed by atoms with Crippen LogP contribution in [0.3, 0.4) is 0 Å². The van der Waals surface area contributed by atoms with E-state index in [1.807, 2.05) is 6.92 Å². The maximum Gasteiger partial charge on any atom is 0.347 e. The molecule has 1 aliphatic rings. The number of H-pyrrole nitrogens is 1. The maximum atomic E-state index is 12.7. The van der Waals surface area contributed by atoms with Crippen molar-refractivity contribution in [2.45, 2.75) is 52.1 Å². The number of anilines is 1. The van der Waals surface area contributed by atoms with Gasteiger partial charge in [0.2, 0.25) is 0 Å². The number of rotatable bonds is 8. The molecular weight excluding hydrogens is 428 g/mol. The number of aryl methyl sites for hydroxylation is 2. The summed E-state index contributed by atoms with van der Waals surface area (Å²) in [6.07, 6.45) is 2.33. The average molecular weight is 455 g/mol. The molecule has 1 saturated heterocycles. The van der Waals surface area contributed by atoms with Crippen LogP contribution in [0.4, 0.5) is 5.13 Å². The standard InChI is InChI=1S/C19H27ClN6O3S/c1-4-7-21-13-9-26(19-22-10(3)14(30-19)18(28)29)8-6-12(13)24-17(27)16-23-11(5-2)15(20)25-16/h12-13,21H,4-9H2,1-3H3,(H,23,25)(H,24,27)(H,28,29)/t12-,13-/m0/s1. The fourth-order valence-corrected chi connectivity index (χ4v) is 4.72. The second-order valence-corrected chi connectivity index (χ2v) is 8.64. The van der Waals surface area contributed by atoms with Crippen molar-refractivity contribution in [3.8, 4) is 0 Å². The van der Waals surface area contributed by atoms with Crippen molar-refractivity contribution in [3.63, 3.8) is 0 Å². The Bertz CT molecular complexity index is 914. The highest BCUT2D eigenvalue weighted by molar-refractivity contribution is 7.17. The normalized spacial score (nSPS) is 19.1. The smallest absolute Gasteiger partial charge is 0.347 e. The van der Waals surface area contributed by atoms with E-state index in [4.69, 9.17) is 11.6 Å². The van der Waals surface area contributed by atoms with Crippen molar-refractivity contribution in [3.05, 3.63) is 27.2 Å². The first-order valence-corrected chi connectivity index (χ1v) is 11.3. The van der Waals surface area contributed by atoms with Gasteiger partial charge in [0.25, 0.3) is 5.91 Å². The number of imidazole rings is 1. The minimum Gasteiger partial charge on any atom is -0.477 e. The molecule has 11 heteroatoms. The van der Waals surface area contributed by atoms with Gasteiger partial charge in [0.05, 0.1) is 11.4 Å². The second-order valence-electron chi connectivity index (χ2n) is 7.30. The summed E-state index contributed by atoms with van der Waals surface area (Å²) in [4.78, 5) is 38.0. The lowest BCUT2D eigenvalue weighted by atomic mass is 9.99. The van der Waals surface area contributed by atoms with Crippen molar-refractivity contribution in [2.24, 2.45) is 0 Å². The molecule has 2 atom stereocenters. The number of amides is 1. The van der Waals surface area contributed by atoms with Gasteiger partial charge >= 0.3 is 5.97 Å². The lowest BCUT2D eigenvalue weighted by Gasteiger charge is -2.39. The number of halogens is 1. The van der Waals surface area contributed by atoms with Crippen LogP contribution in [0.15, 0.2) is 0 Å². The number of carbonyl (C=O) groups is 2. The number of aromatic amines is 1. The molecule has 0 radical (unpaired) electrons. The number of hydrogen-bond acceptors (Lipinski definition) is 7. The van der Waals surface area contributed by atoms with E-state index in [9.17, 15) is 14.7 Å². The number of carboxylic acids is 1. The summed E-state index contributed by atoms with van der Waals surface area (Å²) < 4.78 is 0. The first kappa shape index (κ1) is 22.5. The van der Waals surface area contributed by atoms with E-state index in [0.717, 1.165) is 18.7 Å². The molecule has 0 spiro atoms. The van der Waals surface area contributed by atoms with Crippen LogP contribution < -0.4 is 15.5 Å². The van der Waals surface area contributed by atoms with Crippen LogP contribution >= 0.6 is 22.9 Å². The zero-order valence-corrected chi connectivity index (χ0v) is 18.9. The summed E-state index contributed by atoms with van der Waals surface area (Å²) in [6, 6.07) is -0.0922. The Morgan fingerprint density at radius 1 is 1.33 bits per heavy atom. The Morgan fingerprint density at radius 2 is 2.10 bits per heavy atom. The lowest BCUT2D eigenvalue weighted by Crippen LogP contribution is -2.59. The van der Waals surface area contributed by atoms with Gasteiger partial charge in [-0.1, -0.05) is 36.8 Å². The number of carboxylic acid groups (broad SMARTS) is 1. The van der Waals surface area contributed by atoms with Gasteiger partial charge < -0.3 is 25.6 Å². The predicted octanol–water partition coefficient (Wildman–Crippen LogP) is 2.47. The highest BCUT2D eigenvalue weighted by Crippen LogP contribution is 2.28. The number of thiazole rings is 1. The number of piperidine rings is 1. The van der Waals surface area contributed by atoms with Gasteiger partial charge in [-0.25, -0.2) is 14.8 Å². The van der Waals surface area contributed by atoms with Crippen molar-refractivity contribution < 1.29 is 14.7 Å². The predicted molar refractivity (Wildman–Crippen MR) is 117 cm³/mol. The summed E-state index contributed by atoms with van der Waals surface area (Å²) in [6.45, 7) is 7.84. The van der Waals surface area contributed by atoms with Gasteiger partial charge in [-0.15, -0.1) is 0 Å². The minimum atomic E-state index is -0.956. The minimum absolute atomic E-state index is 0.00351. The molecular formula is C19H27ClN6O3S. The van der Waals surface area contributed by atoms with Gasteiger partial charge in [-0.2, -0.15) is 0 Å². The molecule has 1 aliphatic heterocycles. The van der Waals surface area contributed by atoms with Crippen LogP contribution in [0.2, 0.25) is 5.15 Å². The largest absolute Gasteiger partial charge is 0.477 e. The van der Waals surface area contributed by atoms with Crippen molar-refractivity contribution >= 4 is 39.9 Å². The van der Waals surface area contributed by atoms with Crippen LogP contribution in [0, 0.1) is 6.92 Å².